The van der Waals surface area contributed by atoms with Crippen LogP contribution in [0.25, 0.3) is 10.9 Å². The fourth-order valence-electron chi connectivity index (χ4n) is 1.99. The highest BCUT2D eigenvalue weighted by Gasteiger charge is 2.15. The molecule has 2 heterocycles. The summed E-state index contributed by atoms with van der Waals surface area (Å²) >= 11 is 9.34. The lowest BCUT2D eigenvalue weighted by Crippen LogP contribution is -2.07. The lowest BCUT2D eigenvalue weighted by Gasteiger charge is -2.10. The maximum absolute atomic E-state index is 5.99. The SMILES string of the molecule is NCC(Sc1cc2ccccc2[nH]1)c1ccc(Cl)s1. The normalized spacial score (nSPS) is 12.9. The molecule has 0 radical (unpaired) electrons. The van der Waals surface area contributed by atoms with Gasteiger partial charge in [-0.05, 0) is 24.3 Å². The number of aromatic amines is 1. The largest absolute Gasteiger partial charge is 0.350 e. The molecule has 1 unspecified atom stereocenters. The topological polar surface area (TPSA) is 41.8 Å². The Morgan fingerprint density at radius 3 is 2.79 bits per heavy atom. The highest BCUT2D eigenvalue weighted by Crippen LogP contribution is 2.39. The first kappa shape index (κ1) is 13.1. The zero-order valence-electron chi connectivity index (χ0n) is 10.1. The minimum absolute atomic E-state index is 0.241. The van der Waals surface area contributed by atoms with Gasteiger partial charge < -0.3 is 10.7 Å². The molecule has 98 valence electrons. The van der Waals surface area contributed by atoms with E-state index in [-0.39, 0.29) is 5.25 Å². The summed E-state index contributed by atoms with van der Waals surface area (Å²) in [6.45, 7) is 0.594. The first-order chi connectivity index (χ1) is 9.26. The van der Waals surface area contributed by atoms with E-state index in [0.29, 0.717) is 6.54 Å². The lowest BCUT2D eigenvalue weighted by molar-refractivity contribution is 0.956. The molecule has 3 aromatic rings. The summed E-state index contributed by atoms with van der Waals surface area (Å²) in [6.07, 6.45) is 0. The van der Waals surface area contributed by atoms with E-state index in [0.717, 1.165) is 14.9 Å². The van der Waals surface area contributed by atoms with Crippen molar-refractivity contribution in [3.05, 3.63) is 51.7 Å². The number of benzene rings is 1. The van der Waals surface area contributed by atoms with Gasteiger partial charge in [-0.15, -0.1) is 11.3 Å². The van der Waals surface area contributed by atoms with Crippen molar-refractivity contribution in [1.82, 2.24) is 4.98 Å². The van der Waals surface area contributed by atoms with E-state index in [4.69, 9.17) is 17.3 Å². The average molecular weight is 309 g/mol. The van der Waals surface area contributed by atoms with Crippen LogP contribution in [0.1, 0.15) is 10.1 Å². The molecule has 3 rings (SSSR count). The van der Waals surface area contributed by atoms with E-state index in [1.165, 1.54) is 10.3 Å². The number of hydrogen-bond acceptors (Lipinski definition) is 3. The van der Waals surface area contributed by atoms with E-state index in [2.05, 4.69) is 29.2 Å². The van der Waals surface area contributed by atoms with Gasteiger partial charge in [-0.3, -0.25) is 0 Å². The molecular weight excluding hydrogens is 296 g/mol. The molecule has 0 fully saturated rings. The Balaban J connectivity index is 1.86. The second-order valence-electron chi connectivity index (χ2n) is 4.20. The van der Waals surface area contributed by atoms with Crippen LogP contribution >= 0.6 is 34.7 Å². The van der Waals surface area contributed by atoms with Gasteiger partial charge in [0.1, 0.15) is 0 Å². The Morgan fingerprint density at radius 1 is 1.26 bits per heavy atom. The van der Waals surface area contributed by atoms with Crippen LogP contribution in [0.2, 0.25) is 4.34 Å². The molecule has 2 aromatic heterocycles. The van der Waals surface area contributed by atoms with E-state index in [1.54, 1.807) is 23.1 Å². The number of H-pyrrole nitrogens is 1. The summed E-state index contributed by atoms with van der Waals surface area (Å²) < 4.78 is 0.811. The van der Waals surface area contributed by atoms with Crippen LogP contribution in [-0.4, -0.2) is 11.5 Å². The van der Waals surface area contributed by atoms with Crippen LogP contribution in [0, 0.1) is 0 Å². The highest BCUT2D eigenvalue weighted by atomic mass is 35.5. The van der Waals surface area contributed by atoms with Crippen LogP contribution in [-0.2, 0) is 0 Å². The summed E-state index contributed by atoms with van der Waals surface area (Å²) in [6, 6.07) is 14.4. The number of nitrogens with one attached hydrogen (secondary N) is 1. The fraction of sp³-hybridized carbons (Fsp3) is 0.143. The first-order valence-corrected chi connectivity index (χ1v) is 8.03. The molecule has 0 bridgehead atoms. The molecular formula is C14H13ClN2S2. The van der Waals surface area contributed by atoms with Gasteiger partial charge in [0.15, 0.2) is 0 Å². The second kappa shape index (κ2) is 5.59. The molecule has 5 heteroatoms. The van der Waals surface area contributed by atoms with Gasteiger partial charge in [0.05, 0.1) is 14.6 Å². The standard InChI is InChI=1S/C14H13ClN2S2/c15-13-6-5-11(18-13)12(8-16)19-14-7-9-3-1-2-4-10(9)17-14/h1-7,12,17H,8,16H2. The van der Waals surface area contributed by atoms with Crippen LogP contribution in [0.3, 0.4) is 0 Å². The van der Waals surface area contributed by atoms with Crippen LogP contribution in [0.4, 0.5) is 0 Å². The maximum atomic E-state index is 5.99. The van der Waals surface area contributed by atoms with Crippen molar-refractivity contribution in [3.8, 4) is 0 Å². The maximum Gasteiger partial charge on any atom is 0.0931 e. The van der Waals surface area contributed by atoms with Gasteiger partial charge in [-0.25, -0.2) is 0 Å². The van der Waals surface area contributed by atoms with Crippen LogP contribution in [0.5, 0.6) is 0 Å². The van der Waals surface area contributed by atoms with Gasteiger partial charge in [-0.1, -0.05) is 41.6 Å². The quantitative estimate of drug-likeness (QED) is 0.687. The van der Waals surface area contributed by atoms with Gasteiger partial charge >= 0.3 is 0 Å². The van der Waals surface area contributed by atoms with Crippen molar-refractivity contribution in [3.63, 3.8) is 0 Å². The molecule has 2 nitrogen and oxygen atoms in total. The molecule has 0 aliphatic carbocycles. The molecule has 0 aliphatic rings. The number of thiophene rings is 1. The van der Waals surface area contributed by atoms with Crippen LogP contribution in [0.15, 0.2) is 47.5 Å². The number of rotatable bonds is 4. The number of thioether (sulfide) groups is 1. The minimum atomic E-state index is 0.241. The number of para-hydroxylation sites is 1. The molecule has 0 amide bonds. The first-order valence-electron chi connectivity index (χ1n) is 5.96. The second-order valence-corrected chi connectivity index (χ2v) is 7.20. The monoisotopic (exact) mass is 308 g/mol. The molecule has 0 spiro atoms. The van der Waals surface area contributed by atoms with Crippen LogP contribution < -0.4 is 5.73 Å². The average Bonchev–Trinajstić information content (AvgIpc) is 3.01. The molecule has 0 saturated heterocycles. The van der Waals surface area contributed by atoms with Crippen molar-refractivity contribution >= 4 is 45.6 Å². The predicted molar refractivity (Wildman–Crippen MR) is 85.3 cm³/mol. The Morgan fingerprint density at radius 2 is 2.11 bits per heavy atom. The van der Waals surface area contributed by atoms with Gasteiger partial charge in [0.25, 0.3) is 0 Å². The van der Waals surface area contributed by atoms with Gasteiger partial charge in [0.2, 0.25) is 0 Å². The highest BCUT2D eigenvalue weighted by molar-refractivity contribution is 7.99. The smallest absolute Gasteiger partial charge is 0.0931 e. The molecule has 19 heavy (non-hydrogen) atoms. The van der Waals surface area contributed by atoms with Crippen molar-refractivity contribution < 1.29 is 0 Å². The van der Waals surface area contributed by atoms with E-state index in [9.17, 15) is 0 Å². The van der Waals surface area contributed by atoms with Crippen molar-refractivity contribution in [2.24, 2.45) is 5.73 Å². The number of hydrogen-bond donors (Lipinski definition) is 2. The van der Waals surface area contributed by atoms with E-state index in [1.807, 2.05) is 18.2 Å². The number of fused-ring (bicyclic) bond motifs is 1. The Kier molecular flexibility index (Phi) is 3.84. The lowest BCUT2D eigenvalue weighted by atomic mass is 10.3. The van der Waals surface area contributed by atoms with Crippen molar-refractivity contribution in [1.29, 1.82) is 0 Å². The Labute approximate surface area is 125 Å². The summed E-state index contributed by atoms with van der Waals surface area (Å²) in [7, 11) is 0. The number of halogens is 1. The van der Waals surface area contributed by atoms with Crippen molar-refractivity contribution in [2.45, 2.75) is 10.3 Å². The molecule has 3 N–H and O–H groups in total. The van der Waals surface area contributed by atoms with Crippen molar-refractivity contribution in [2.75, 3.05) is 6.54 Å². The third-order valence-electron chi connectivity index (χ3n) is 2.90. The summed E-state index contributed by atoms with van der Waals surface area (Å²) in [4.78, 5) is 4.63. The predicted octanol–water partition coefficient (Wildman–Crippen LogP) is 4.67. The summed E-state index contributed by atoms with van der Waals surface area (Å²) in [5.41, 5.74) is 7.04. The van der Waals surface area contributed by atoms with E-state index >= 15 is 0 Å². The fourth-order valence-corrected chi connectivity index (χ4v) is 4.29. The summed E-state index contributed by atoms with van der Waals surface area (Å²) in [5, 5.41) is 2.61. The van der Waals surface area contributed by atoms with Gasteiger partial charge in [-0.2, -0.15) is 0 Å². The number of nitrogens with two attached hydrogens (primary N) is 1. The Hall–Kier alpha value is -0.940. The summed E-state index contributed by atoms with van der Waals surface area (Å²) in [5.74, 6) is 0. The van der Waals surface area contributed by atoms with E-state index < -0.39 is 0 Å². The minimum Gasteiger partial charge on any atom is -0.350 e. The molecule has 0 saturated carbocycles. The third kappa shape index (κ3) is 2.82. The Bertz CT molecular complexity index is 656. The number of aromatic nitrogens is 1. The zero-order valence-corrected chi connectivity index (χ0v) is 12.5. The molecule has 1 aromatic carbocycles. The zero-order chi connectivity index (χ0) is 13.2. The molecule has 1 atom stereocenters. The third-order valence-corrected chi connectivity index (χ3v) is 5.60. The molecule has 0 aliphatic heterocycles. The van der Waals surface area contributed by atoms with Gasteiger partial charge in [0, 0.05) is 22.3 Å².